The molecule has 1 amide bonds. The second kappa shape index (κ2) is 5.27. The summed E-state index contributed by atoms with van der Waals surface area (Å²) in [5.41, 5.74) is 0.348. The molecule has 1 aliphatic rings. The maximum absolute atomic E-state index is 13.0. The molecule has 0 aliphatic carbocycles. The molecule has 0 bridgehead atoms. The Kier molecular flexibility index (Phi) is 3.72. The lowest BCUT2D eigenvalue weighted by molar-refractivity contribution is -0.134. The number of likely N-dealkylation sites (N-methyl/N-ethyl adjacent to an activating group) is 1. The lowest BCUT2D eigenvalue weighted by atomic mass is 10.1. The molecule has 0 atom stereocenters. The van der Waals surface area contributed by atoms with Gasteiger partial charge in [0, 0.05) is 25.7 Å². The van der Waals surface area contributed by atoms with Crippen molar-refractivity contribution in [1.82, 2.24) is 9.80 Å². The number of Topliss-reactive ketones (excluding diaryl/α,β-unsaturated/α-hetero) is 1. The van der Waals surface area contributed by atoms with Crippen LogP contribution in [0, 0.1) is 5.82 Å². The van der Waals surface area contributed by atoms with Crippen molar-refractivity contribution in [3.63, 3.8) is 0 Å². The van der Waals surface area contributed by atoms with Gasteiger partial charge in [-0.1, -0.05) is 12.1 Å². The Hall–Kier alpha value is -1.75. The molecule has 2 rings (SSSR count). The van der Waals surface area contributed by atoms with E-state index in [1.54, 1.807) is 22.9 Å². The van der Waals surface area contributed by atoms with Gasteiger partial charge in [-0.3, -0.25) is 14.5 Å². The van der Waals surface area contributed by atoms with Gasteiger partial charge in [0.05, 0.1) is 13.1 Å². The van der Waals surface area contributed by atoms with Gasteiger partial charge in [-0.2, -0.15) is 0 Å². The van der Waals surface area contributed by atoms with E-state index in [-0.39, 0.29) is 24.8 Å². The second-order valence-corrected chi connectivity index (χ2v) is 4.46. The molecule has 5 heteroatoms. The summed E-state index contributed by atoms with van der Waals surface area (Å²) in [6, 6.07) is 5.62. The van der Waals surface area contributed by atoms with Crippen LogP contribution in [-0.2, 0) is 4.79 Å². The summed E-state index contributed by atoms with van der Waals surface area (Å²) in [6.45, 7) is 1.69. The van der Waals surface area contributed by atoms with Crippen LogP contribution in [0.4, 0.5) is 4.39 Å². The van der Waals surface area contributed by atoms with Crippen molar-refractivity contribution in [3.8, 4) is 0 Å². The molecule has 1 saturated heterocycles. The molecule has 0 N–H and O–H groups in total. The van der Waals surface area contributed by atoms with E-state index < -0.39 is 5.82 Å². The predicted molar refractivity (Wildman–Crippen MR) is 64.8 cm³/mol. The van der Waals surface area contributed by atoms with Gasteiger partial charge in [-0.25, -0.2) is 4.39 Å². The third kappa shape index (κ3) is 2.92. The van der Waals surface area contributed by atoms with Crippen molar-refractivity contribution >= 4 is 11.7 Å². The van der Waals surface area contributed by atoms with Crippen molar-refractivity contribution < 1.29 is 14.0 Å². The van der Waals surface area contributed by atoms with Crippen LogP contribution in [0.1, 0.15) is 10.4 Å². The number of hydrogen-bond donors (Lipinski definition) is 0. The Morgan fingerprint density at radius 1 is 1.39 bits per heavy atom. The van der Waals surface area contributed by atoms with Crippen molar-refractivity contribution in [3.05, 3.63) is 35.6 Å². The van der Waals surface area contributed by atoms with E-state index in [2.05, 4.69) is 0 Å². The van der Waals surface area contributed by atoms with Gasteiger partial charge in [0.15, 0.2) is 5.78 Å². The highest BCUT2D eigenvalue weighted by atomic mass is 19.1. The highest BCUT2D eigenvalue weighted by Crippen LogP contribution is 2.07. The first kappa shape index (κ1) is 12.7. The van der Waals surface area contributed by atoms with E-state index >= 15 is 0 Å². The zero-order valence-electron chi connectivity index (χ0n) is 10.2. The Labute approximate surface area is 105 Å². The van der Waals surface area contributed by atoms with Crippen LogP contribution in [-0.4, -0.2) is 54.7 Å². The third-order valence-corrected chi connectivity index (χ3v) is 3.05. The van der Waals surface area contributed by atoms with Crippen molar-refractivity contribution in [2.45, 2.75) is 0 Å². The third-order valence-electron chi connectivity index (χ3n) is 3.05. The van der Waals surface area contributed by atoms with Gasteiger partial charge in [0.2, 0.25) is 5.91 Å². The molecule has 4 nitrogen and oxygen atoms in total. The number of rotatable bonds is 3. The lowest BCUT2D eigenvalue weighted by Crippen LogP contribution is -2.49. The molecule has 1 fully saturated rings. The molecule has 1 heterocycles. The fraction of sp³-hybridized carbons (Fsp3) is 0.385. The molecule has 0 spiro atoms. The molecule has 96 valence electrons. The van der Waals surface area contributed by atoms with E-state index in [1.807, 2.05) is 0 Å². The van der Waals surface area contributed by atoms with Gasteiger partial charge >= 0.3 is 0 Å². The largest absolute Gasteiger partial charge is 0.343 e. The molecule has 0 saturated carbocycles. The predicted octanol–water partition coefficient (Wildman–Crippen LogP) is 0.782. The van der Waals surface area contributed by atoms with Crippen LogP contribution in [0.2, 0.25) is 0 Å². The number of nitrogens with zero attached hydrogens (tertiary/aromatic N) is 2. The average molecular weight is 250 g/mol. The monoisotopic (exact) mass is 250 g/mol. The SMILES string of the molecule is CN1CCN(CC(=O)c2cccc(F)c2)CC1=O. The van der Waals surface area contributed by atoms with Gasteiger partial charge < -0.3 is 4.90 Å². The molecule has 18 heavy (non-hydrogen) atoms. The number of ketones is 1. The Balaban J connectivity index is 1.98. The number of benzene rings is 1. The highest BCUT2D eigenvalue weighted by Gasteiger charge is 2.22. The average Bonchev–Trinajstić information content (AvgIpc) is 2.34. The first-order chi connectivity index (χ1) is 8.56. The molecule has 1 aromatic rings. The molecular formula is C13H15FN2O2. The number of amides is 1. The number of hydrogen-bond acceptors (Lipinski definition) is 3. The Morgan fingerprint density at radius 2 is 2.17 bits per heavy atom. The maximum atomic E-state index is 13.0. The Bertz CT molecular complexity index is 476. The number of piperazine rings is 1. The van der Waals surface area contributed by atoms with E-state index in [4.69, 9.17) is 0 Å². The van der Waals surface area contributed by atoms with Crippen LogP contribution >= 0.6 is 0 Å². The minimum Gasteiger partial charge on any atom is -0.343 e. The topological polar surface area (TPSA) is 40.6 Å². The highest BCUT2D eigenvalue weighted by molar-refractivity contribution is 5.97. The number of carbonyl (C=O) groups excluding carboxylic acids is 2. The van der Waals surface area contributed by atoms with Crippen LogP contribution in [0.3, 0.4) is 0 Å². The lowest BCUT2D eigenvalue weighted by Gasteiger charge is -2.31. The summed E-state index contributed by atoms with van der Waals surface area (Å²) in [4.78, 5) is 26.8. The van der Waals surface area contributed by atoms with Crippen LogP contribution in [0.5, 0.6) is 0 Å². The Morgan fingerprint density at radius 3 is 2.83 bits per heavy atom. The first-order valence-corrected chi connectivity index (χ1v) is 5.81. The first-order valence-electron chi connectivity index (χ1n) is 5.81. The van der Waals surface area contributed by atoms with Crippen molar-refractivity contribution in [2.75, 3.05) is 33.2 Å². The number of carbonyl (C=O) groups is 2. The van der Waals surface area contributed by atoms with Crippen LogP contribution in [0.25, 0.3) is 0 Å². The zero-order valence-corrected chi connectivity index (χ0v) is 10.2. The molecular weight excluding hydrogens is 235 g/mol. The molecule has 0 unspecified atom stereocenters. The molecule has 1 aliphatic heterocycles. The maximum Gasteiger partial charge on any atom is 0.236 e. The van der Waals surface area contributed by atoms with Gasteiger partial charge in [-0.15, -0.1) is 0 Å². The van der Waals surface area contributed by atoms with Crippen molar-refractivity contribution in [1.29, 1.82) is 0 Å². The van der Waals surface area contributed by atoms with E-state index in [1.165, 1.54) is 18.2 Å². The van der Waals surface area contributed by atoms with E-state index in [9.17, 15) is 14.0 Å². The molecule has 0 aromatic heterocycles. The van der Waals surface area contributed by atoms with E-state index in [0.717, 1.165) is 0 Å². The summed E-state index contributed by atoms with van der Waals surface area (Å²) in [5.74, 6) is -0.574. The quantitative estimate of drug-likeness (QED) is 0.744. The second-order valence-electron chi connectivity index (χ2n) is 4.46. The van der Waals surface area contributed by atoms with Gasteiger partial charge in [0.1, 0.15) is 5.82 Å². The zero-order chi connectivity index (χ0) is 13.1. The summed E-state index contributed by atoms with van der Waals surface area (Å²) < 4.78 is 13.0. The fourth-order valence-corrected chi connectivity index (χ4v) is 1.90. The van der Waals surface area contributed by atoms with Gasteiger partial charge in [0.25, 0.3) is 0 Å². The molecule has 0 radical (unpaired) electrons. The molecule has 1 aromatic carbocycles. The van der Waals surface area contributed by atoms with Crippen LogP contribution < -0.4 is 0 Å². The minimum atomic E-state index is -0.421. The van der Waals surface area contributed by atoms with Gasteiger partial charge in [-0.05, 0) is 12.1 Å². The van der Waals surface area contributed by atoms with Crippen LogP contribution in [0.15, 0.2) is 24.3 Å². The normalized spacial score (nSPS) is 17.0. The minimum absolute atomic E-state index is 0.00768. The summed E-state index contributed by atoms with van der Waals surface area (Å²) >= 11 is 0. The fourth-order valence-electron chi connectivity index (χ4n) is 1.90. The standard InChI is InChI=1S/C13H15FN2O2/c1-15-5-6-16(9-13(15)18)8-12(17)10-3-2-4-11(14)7-10/h2-4,7H,5-6,8-9H2,1H3. The van der Waals surface area contributed by atoms with Crippen molar-refractivity contribution in [2.24, 2.45) is 0 Å². The summed E-state index contributed by atoms with van der Waals surface area (Å²) in [7, 11) is 1.74. The summed E-state index contributed by atoms with van der Waals surface area (Å²) in [6.07, 6.45) is 0. The van der Waals surface area contributed by atoms with E-state index in [0.29, 0.717) is 18.7 Å². The smallest absolute Gasteiger partial charge is 0.236 e. The summed E-state index contributed by atoms with van der Waals surface area (Å²) in [5, 5.41) is 0. The number of halogens is 1.